The third-order valence-corrected chi connectivity index (χ3v) is 3.35. The standard InChI is InChI=1S/C15H20N4O.ClH/c1-11-5-7-13(8-6-11)19(4)15(20)14(16-2)12-9-17-18(3)10-12;/h5-10,14,16H,1-4H3;1H. The average Bonchev–Trinajstić information content (AvgIpc) is 2.86. The molecule has 0 fully saturated rings. The molecule has 0 spiro atoms. The number of amides is 1. The first kappa shape index (κ1) is 17.2. The second kappa shape index (κ2) is 7.24. The van der Waals surface area contributed by atoms with Crippen LogP contribution in [0.5, 0.6) is 0 Å². The molecule has 2 rings (SSSR count). The molecule has 114 valence electrons. The molecule has 0 aliphatic rings. The van der Waals surface area contributed by atoms with Crippen LogP contribution in [-0.4, -0.2) is 29.8 Å². The summed E-state index contributed by atoms with van der Waals surface area (Å²) < 4.78 is 1.69. The predicted octanol–water partition coefficient (Wildman–Crippen LogP) is 2.07. The van der Waals surface area contributed by atoms with Gasteiger partial charge in [-0.3, -0.25) is 9.48 Å². The molecule has 21 heavy (non-hydrogen) atoms. The van der Waals surface area contributed by atoms with Crippen LogP contribution in [0.3, 0.4) is 0 Å². The Hall–Kier alpha value is -1.85. The Labute approximate surface area is 131 Å². The van der Waals surface area contributed by atoms with E-state index in [0.717, 1.165) is 11.3 Å². The van der Waals surface area contributed by atoms with Crippen molar-refractivity contribution in [3.63, 3.8) is 0 Å². The molecule has 1 amide bonds. The van der Waals surface area contributed by atoms with Crippen molar-refractivity contribution in [2.24, 2.45) is 7.05 Å². The molecule has 5 nitrogen and oxygen atoms in total. The van der Waals surface area contributed by atoms with Gasteiger partial charge >= 0.3 is 0 Å². The minimum Gasteiger partial charge on any atom is -0.314 e. The van der Waals surface area contributed by atoms with E-state index in [0.29, 0.717) is 0 Å². The molecule has 0 saturated heterocycles. The highest BCUT2D eigenvalue weighted by Crippen LogP contribution is 2.19. The lowest BCUT2D eigenvalue weighted by atomic mass is 10.1. The number of benzene rings is 1. The van der Waals surface area contributed by atoms with Crippen LogP contribution in [0.2, 0.25) is 0 Å². The van der Waals surface area contributed by atoms with Crippen LogP contribution >= 0.6 is 12.4 Å². The molecule has 1 unspecified atom stereocenters. The minimum absolute atomic E-state index is 0. The maximum atomic E-state index is 12.6. The monoisotopic (exact) mass is 308 g/mol. The Morgan fingerprint density at radius 2 is 1.95 bits per heavy atom. The third kappa shape index (κ3) is 3.83. The molecular weight excluding hydrogens is 288 g/mol. The lowest BCUT2D eigenvalue weighted by molar-refractivity contribution is -0.120. The van der Waals surface area contributed by atoms with Crippen LogP contribution in [0.4, 0.5) is 5.69 Å². The number of anilines is 1. The normalized spacial score (nSPS) is 11.6. The molecule has 6 heteroatoms. The predicted molar refractivity (Wildman–Crippen MR) is 86.8 cm³/mol. The first-order valence-corrected chi connectivity index (χ1v) is 6.53. The van der Waals surface area contributed by atoms with Gasteiger partial charge in [0.25, 0.3) is 0 Å². The Morgan fingerprint density at radius 3 is 2.43 bits per heavy atom. The van der Waals surface area contributed by atoms with E-state index in [1.807, 2.05) is 44.4 Å². The molecule has 1 heterocycles. The quantitative estimate of drug-likeness (QED) is 0.941. The van der Waals surface area contributed by atoms with Gasteiger partial charge < -0.3 is 10.2 Å². The van der Waals surface area contributed by atoms with Gasteiger partial charge in [0, 0.05) is 31.5 Å². The van der Waals surface area contributed by atoms with E-state index in [2.05, 4.69) is 10.4 Å². The summed E-state index contributed by atoms with van der Waals surface area (Å²) in [7, 11) is 5.40. The van der Waals surface area contributed by atoms with Gasteiger partial charge in [-0.2, -0.15) is 5.10 Å². The van der Waals surface area contributed by atoms with E-state index in [9.17, 15) is 4.79 Å². The summed E-state index contributed by atoms with van der Waals surface area (Å²) in [5, 5.41) is 7.17. The van der Waals surface area contributed by atoms with Crippen molar-refractivity contribution in [3.05, 3.63) is 47.8 Å². The first-order valence-electron chi connectivity index (χ1n) is 6.53. The lowest BCUT2D eigenvalue weighted by Gasteiger charge is -2.23. The largest absolute Gasteiger partial charge is 0.314 e. The maximum absolute atomic E-state index is 12.6. The molecule has 1 N–H and O–H groups in total. The van der Waals surface area contributed by atoms with Gasteiger partial charge in [-0.25, -0.2) is 0 Å². The molecule has 0 radical (unpaired) electrons. The van der Waals surface area contributed by atoms with E-state index in [4.69, 9.17) is 0 Å². The highest BCUT2D eigenvalue weighted by atomic mass is 35.5. The van der Waals surface area contributed by atoms with Crippen LogP contribution in [0.25, 0.3) is 0 Å². The van der Waals surface area contributed by atoms with Gasteiger partial charge in [0.05, 0.1) is 6.20 Å². The Bertz CT molecular complexity index is 594. The number of aryl methyl sites for hydroxylation is 2. The number of carbonyl (C=O) groups excluding carboxylic acids is 1. The number of halogens is 1. The summed E-state index contributed by atoms with van der Waals surface area (Å²) in [5.74, 6) is -0.00986. The summed E-state index contributed by atoms with van der Waals surface area (Å²) in [6, 6.07) is 7.50. The Kier molecular flexibility index (Phi) is 5.93. The van der Waals surface area contributed by atoms with E-state index in [1.165, 1.54) is 5.56 Å². The highest BCUT2D eigenvalue weighted by Gasteiger charge is 2.24. The summed E-state index contributed by atoms with van der Waals surface area (Å²) in [6.07, 6.45) is 3.56. The summed E-state index contributed by atoms with van der Waals surface area (Å²) in [4.78, 5) is 14.3. The van der Waals surface area contributed by atoms with Crippen molar-refractivity contribution >= 4 is 24.0 Å². The van der Waals surface area contributed by atoms with Crippen LogP contribution in [0.15, 0.2) is 36.7 Å². The number of carbonyl (C=O) groups is 1. The van der Waals surface area contributed by atoms with Crippen LogP contribution in [0.1, 0.15) is 17.2 Å². The first-order chi connectivity index (χ1) is 9.52. The molecule has 0 bridgehead atoms. The van der Waals surface area contributed by atoms with E-state index in [-0.39, 0.29) is 18.3 Å². The molecule has 0 saturated carbocycles. The molecule has 1 aromatic heterocycles. The Balaban J connectivity index is 0.00000220. The van der Waals surface area contributed by atoms with Gasteiger partial charge in [0.2, 0.25) is 5.91 Å². The number of rotatable bonds is 4. The van der Waals surface area contributed by atoms with E-state index < -0.39 is 6.04 Å². The smallest absolute Gasteiger partial charge is 0.248 e. The van der Waals surface area contributed by atoms with Crippen molar-refractivity contribution in [1.29, 1.82) is 0 Å². The SMILES string of the molecule is CNC(C(=O)N(C)c1ccc(C)cc1)c1cnn(C)c1.Cl. The van der Waals surface area contributed by atoms with Gasteiger partial charge in [0.1, 0.15) is 6.04 Å². The fraction of sp³-hybridized carbons (Fsp3) is 0.333. The van der Waals surface area contributed by atoms with Crippen LogP contribution in [-0.2, 0) is 11.8 Å². The molecule has 0 aliphatic heterocycles. The van der Waals surface area contributed by atoms with E-state index in [1.54, 1.807) is 29.9 Å². The van der Waals surface area contributed by atoms with Crippen molar-refractivity contribution in [3.8, 4) is 0 Å². The lowest BCUT2D eigenvalue weighted by Crippen LogP contribution is -2.37. The average molecular weight is 309 g/mol. The van der Waals surface area contributed by atoms with Crippen molar-refractivity contribution in [2.45, 2.75) is 13.0 Å². The van der Waals surface area contributed by atoms with E-state index >= 15 is 0 Å². The van der Waals surface area contributed by atoms with Crippen LogP contribution in [0, 0.1) is 6.92 Å². The molecule has 1 aromatic carbocycles. The summed E-state index contributed by atoms with van der Waals surface area (Å²) in [5.41, 5.74) is 2.91. The van der Waals surface area contributed by atoms with Crippen LogP contribution < -0.4 is 10.2 Å². The molecule has 1 atom stereocenters. The van der Waals surface area contributed by atoms with Gasteiger partial charge in [-0.05, 0) is 26.1 Å². The van der Waals surface area contributed by atoms with Crippen molar-refractivity contribution in [1.82, 2.24) is 15.1 Å². The second-order valence-corrected chi connectivity index (χ2v) is 4.90. The molecule has 0 aliphatic carbocycles. The fourth-order valence-corrected chi connectivity index (χ4v) is 2.11. The number of hydrogen-bond acceptors (Lipinski definition) is 3. The summed E-state index contributed by atoms with van der Waals surface area (Å²) in [6.45, 7) is 2.03. The topological polar surface area (TPSA) is 50.2 Å². The third-order valence-electron chi connectivity index (χ3n) is 3.35. The molecule has 2 aromatic rings. The van der Waals surface area contributed by atoms with Crippen molar-refractivity contribution < 1.29 is 4.79 Å². The van der Waals surface area contributed by atoms with Gasteiger partial charge in [-0.1, -0.05) is 17.7 Å². The number of hydrogen-bond donors (Lipinski definition) is 1. The Morgan fingerprint density at radius 1 is 1.33 bits per heavy atom. The van der Waals surface area contributed by atoms with Gasteiger partial charge in [0.15, 0.2) is 0 Å². The number of nitrogens with one attached hydrogen (secondary N) is 1. The zero-order valence-corrected chi connectivity index (χ0v) is 13.5. The number of likely N-dealkylation sites (N-methyl/N-ethyl adjacent to an activating group) is 2. The molecular formula is C15H21ClN4O. The maximum Gasteiger partial charge on any atom is 0.248 e. The summed E-state index contributed by atoms with van der Waals surface area (Å²) >= 11 is 0. The van der Waals surface area contributed by atoms with Gasteiger partial charge in [-0.15, -0.1) is 12.4 Å². The highest BCUT2D eigenvalue weighted by molar-refractivity contribution is 5.97. The fourth-order valence-electron chi connectivity index (χ4n) is 2.11. The number of aromatic nitrogens is 2. The minimum atomic E-state index is -0.394. The van der Waals surface area contributed by atoms with Crippen molar-refractivity contribution in [2.75, 3.05) is 19.0 Å². The number of nitrogens with zero attached hydrogens (tertiary/aromatic N) is 3. The zero-order valence-electron chi connectivity index (χ0n) is 12.7. The second-order valence-electron chi connectivity index (χ2n) is 4.90. The zero-order chi connectivity index (χ0) is 14.7.